The van der Waals surface area contributed by atoms with Crippen LogP contribution in [0.15, 0.2) is 82.2 Å². The van der Waals surface area contributed by atoms with Crippen LogP contribution in [0.1, 0.15) is 57.9 Å². The fraction of sp³-hybridized carbons (Fsp3) is 0.394. The van der Waals surface area contributed by atoms with Gasteiger partial charge in [0, 0.05) is 17.1 Å². The van der Waals surface area contributed by atoms with E-state index in [2.05, 4.69) is 21.2 Å². The van der Waals surface area contributed by atoms with Gasteiger partial charge in [-0.1, -0.05) is 54.2 Å². The van der Waals surface area contributed by atoms with E-state index in [9.17, 15) is 22.4 Å². The largest absolute Gasteiger partial charge is 0.494 e. The molecule has 8 nitrogen and oxygen atoms in total. The van der Waals surface area contributed by atoms with E-state index in [1.54, 1.807) is 48.5 Å². The highest BCUT2D eigenvalue weighted by molar-refractivity contribution is 9.10. The maximum Gasteiger partial charge on any atom is 0.264 e. The van der Waals surface area contributed by atoms with E-state index in [0.717, 1.165) is 36.4 Å². The first-order chi connectivity index (χ1) is 21.1. The molecule has 1 atom stereocenters. The highest BCUT2D eigenvalue weighted by Gasteiger charge is 2.34. The van der Waals surface area contributed by atoms with Gasteiger partial charge in [0.2, 0.25) is 11.8 Å². The molecule has 44 heavy (non-hydrogen) atoms. The average Bonchev–Trinajstić information content (AvgIpc) is 3.02. The van der Waals surface area contributed by atoms with Gasteiger partial charge in [-0.3, -0.25) is 13.9 Å². The molecule has 0 aromatic heterocycles. The van der Waals surface area contributed by atoms with Gasteiger partial charge in [0.1, 0.15) is 24.2 Å². The van der Waals surface area contributed by atoms with Gasteiger partial charge in [0.15, 0.2) is 0 Å². The zero-order valence-corrected chi connectivity index (χ0v) is 27.4. The smallest absolute Gasteiger partial charge is 0.264 e. The van der Waals surface area contributed by atoms with E-state index in [-0.39, 0.29) is 29.1 Å². The number of hydrogen-bond donors (Lipinski definition) is 1. The monoisotopic (exact) mass is 687 g/mol. The van der Waals surface area contributed by atoms with E-state index < -0.39 is 34.3 Å². The van der Waals surface area contributed by atoms with Crippen molar-refractivity contribution >= 4 is 43.5 Å². The molecule has 0 heterocycles. The van der Waals surface area contributed by atoms with Crippen LogP contribution in [0.3, 0.4) is 0 Å². The van der Waals surface area contributed by atoms with Crippen molar-refractivity contribution in [3.63, 3.8) is 0 Å². The van der Waals surface area contributed by atoms with E-state index >= 15 is 0 Å². The molecular formula is C33H39BrFN3O5S. The van der Waals surface area contributed by atoms with Crippen LogP contribution >= 0.6 is 15.9 Å². The maximum atomic E-state index is 14.2. The van der Waals surface area contributed by atoms with Gasteiger partial charge >= 0.3 is 0 Å². The van der Waals surface area contributed by atoms with Gasteiger partial charge < -0.3 is 15.0 Å². The lowest BCUT2D eigenvalue weighted by Crippen LogP contribution is -2.54. The zero-order chi connectivity index (χ0) is 31.7. The van der Waals surface area contributed by atoms with Crippen molar-refractivity contribution in [2.24, 2.45) is 0 Å². The summed E-state index contributed by atoms with van der Waals surface area (Å²) < 4.78 is 49.1. The second-order valence-corrected chi connectivity index (χ2v) is 13.6. The Bertz CT molecular complexity index is 1500. The molecule has 236 valence electrons. The van der Waals surface area contributed by atoms with Crippen molar-refractivity contribution < 1.29 is 27.1 Å². The quantitative estimate of drug-likeness (QED) is 0.223. The molecule has 3 aromatic carbocycles. The number of anilines is 1. The second kappa shape index (κ2) is 15.5. The Kier molecular flexibility index (Phi) is 11.8. The number of nitrogens with one attached hydrogen (secondary N) is 1. The van der Waals surface area contributed by atoms with Crippen molar-refractivity contribution in [2.45, 2.75) is 75.9 Å². The molecule has 3 aromatic rings. The van der Waals surface area contributed by atoms with Crippen LogP contribution in [0.5, 0.6) is 5.75 Å². The Morgan fingerprint density at radius 1 is 0.955 bits per heavy atom. The Labute approximate surface area is 267 Å². The molecule has 1 saturated carbocycles. The van der Waals surface area contributed by atoms with E-state index in [0.29, 0.717) is 28.8 Å². The minimum Gasteiger partial charge on any atom is -0.494 e. The van der Waals surface area contributed by atoms with E-state index in [1.807, 2.05) is 13.8 Å². The Balaban J connectivity index is 1.70. The highest BCUT2D eigenvalue weighted by Crippen LogP contribution is 2.28. The lowest BCUT2D eigenvalue weighted by atomic mass is 9.95. The lowest BCUT2D eigenvalue weighted by molar-refractivity contribution is -0.140. The summed E-state index contributed by atoms with van der Waals surface area (Å²) in [5, 5.41) is 3.12. The van der Waals surface area contributed by atoms with Gasteiger partial charge in [-0.05, 0) is 92.4 Å². The predicted molar refractivity (Wildman–Crippen MR) is 172 cm³/mol. The van der Waals surface area contributed by atoms with Crippen molar-refractivity contribution in [3.05, 3.63) is 88.6 Å². The summed E-state index contributed by atoms with van der Waals surface area (Å²) in [6, 6.07) is 17.5. The molecule has 0 spiro atoms. The first-order valence-electron chi connectivity index (χ1n) is 15.0. The van der Waals surface area contributed by atoms with Crippen LogP contribution in [-0.2, 0) is 26.2 Å². The fourth-order valence-corrected chi connectivity index (χ4v) is 7.07. The molecule has 1 aliphatic rings. The minimum absolute atomic E-state index is 0.00511. The number of carbonyl (C=O) groups excluding carboxylic acids is 2. The summed E-state index contributed by atoms with van der Waals surface area (Å²) in [5.74, 6) is -0.698. The normalized spacial score (nSPS) is 14.5. The van der Waals surface area contributed by atoms with Crippen LogP contribution in [0.2, 0.25) is 0 Å². The molecule has 0 saturated heterocycles. The summed E-state index contributed by atoms with van der Waals surface area (Å²) in [7, 11) is -4.20. The third kappa shape index (κ3) is 8.59. The van der Waals surface area contributed by atoms with Crippen molar-refractivity contribution in [3.8, 4) is 5.75 Å². The third-order valence-electron chi connectivity index (χ3n) is 7.72. The van der Waals surface area contributed by atoms with Crippen LogP contribution in [0, 0.1) is 5.82 Å². The molecule has 1 fully saturated rings. The van der Waals surface area contributed by atoms with Gasteiger partial charge in [0.25, 0.3) is 10.0 Å². The maximum absolute atomic E-state index is 14.2. The van der Waals surface area contributed by atoms with Gasteiger partial charge in [-0.25, -0.2) is 12.8 Å². The number of ether oxygens (including phenoxy) is 1. The van der Waals surface area contributed by atoms with Gasteiger partial charge in [-0.2, -0.15) is 0 Å². The number of amides is 2. The zero-order valence-electron chi connectivity index (χ0n) is 25.0. The summed E-state index contributed by atoms with van der Waals surface area (Å²) in [4.78, 5) is 29.3. The number of rotatable bonds is 13. The van der Waals surface area contributed by atoms with Crippen LogP contribution in [0.25, 0.3) is 0 Å². The van der Waals surface area contributed by atoms with Crippen LogP contribution in [0.4, 0.5) is 10.1 Å². The molecule has 0 bridgehead atoms. The topological polar surface area (TPSA) is 96.0 Å². The molecule has 0 aliphatic heterocycles. The molecule has 0 radical (unpaired) electrons. The number of benzene rings is 3. The lowest BCUT2D eigenvalue weighted by Gasteiger charge is -2.34. The van der Waals surface area contributed by atoms with Crippen LogP contribution < -0.4 is 14.4 Å². The summed E-state index contributed by atoms with van der Waals surface area (Å²) >= 11 is 3.34. The fourth-order valence-electron chi connectivity index (χ4n) is 5.39. The highest BCUT2D eigenvalue weighted by atomic mass is 79.9. The van der Waals surface area contributed by atoms with Gasteiger partial charge in [0.05, 0.1) is 17.2 Å². The third-order valence-corrected chi connectivity index (χ3v) is 10.0. The minimum atomic E-state index is -4.20. The summed E-state index contributed by atoms with van der Waals surface area (Å²) in [5.41, 5.74) is 0.887. The Hall–Kier alpha value is -3.44. The van der Waals surface area contributed by atoms with Crippen LogP contribution in [-0.4, -0.2) is 50.4 Å². The van der Waals surface area contributed by atoms with E-state index in [1.165, 1.54) is 29.2 Å². The second-order valence-electron chi connectivity index (χ2n) is 10.8. The summed E-state index contributed by atoms with van der Waals surface area (Å²) in [6.45, 7) is 3.56. The number of sulfonamides is 1. The van der Waals surface area contributed by atoms with Gasteiger partial charge in [-0.15, -0.1) is 0 Å². The molecule has 11 heteroatoms. The SMILES string of the molecule is CCOc1ccc(N(CC(=O)N(Cc2ccc(F)cc2)C(CC)C(=O)NC2CCCCC2)S(=O)(=O)c2ccc(Br)cc2)cc1. The van der Waals surface area contributed by atoms with E-state index in [4.69, 9.17) is 4.74 Å². The summed E-state index contributed by atoms with van der Waals surface area (Å²) in [6.07, 6.45) is 5.27. The number of hydrogen-bond acceptors (Lipinski definition) is 5. The first kappa shape index (κ1) is 33.5. The number of nitrogens with zero attached hydrogens (tertiary/aromatic N) is 2. The molecule has 2 amide bonds. The molecule has 4 rings (SSSR count). The predicted octanol–water partition coefficient (Wildman–Crippen LogP) is 6.44. The molecule has 1 N–H and O–H groups in total. The van der Waals surface area contributed by atoms with Crippen molar-refractivity contribution in [2.75, 3.05) is 17.5 Å². The Morgan fingerprint density at radius 2 is 1.59 bits per heavy atom. The first-order valence-corrected chi connectivity index (χ1v) is 17.2. The molecule has 1 aliphatic carbocycles. The van der Waals surface area contributed by atoms with Crippen molar-refractivity contribution in [1.29, 1.82) is 0 Å². The average molecular weight is 689 g/mol. The standard InChI is InChI=1S/C33H39BrFN3O5S/c1-3-31(33(40)36-27-8-6-5-7-9-27)37(22-24-10-14-26(35)15-11-24)32(39)23-38(28-16-18-29(19-17-28)43-4-2)44(41,42)30-20-12-25(34)13-21-30/h10-21,27,31H,3-9,22-23H2,1-2H3,(H,36,40). The molecular weight excluding hydrogens is 649 g/mol. The molecule has 1 unspecified atom stereocenters. The number of carbonyl (C=O) groups is 2. The van der Waals surface area contributed by atoms with Crippen molar-refractivity contribution in [1.82, 2.24) is 10.2 Å². The number of halogens is 2. The Morgan fingerprint density at radius 3 is 2.18 bits per heavy atom.